The van der Waals surface area contributed by atoms with Crippen molar-refractivity contribution in [1.29, 1.82) is 0 Å². The van der Waals surface area contributed by atoms with E-state index in [-0.39, 0.29) is 12.3 Å². The summed E-state index contributed by atoms with van der Waals surface area (Å²) in [6, 6.07) is 8.64. The molecular formula is C14H12ClNO3. The van der Waals surface area contributed by atoms with Gasteiger partial charge in [-0.1, -0.05) is 17.7 Å². The third-order valence-corrected chi connectivity index (χ3v) is 2.85. The van der Waals surface area contributed by atoms with Crippen LogP contribution in [0.3, 0.4) is 0 Å². The minimum Gasteiger partial charge on any atom is -0.489 e. The number of aryl methyl sites for hydroxylation is 1. The first-order valence-corrected chi connectivity index (χ1v) is 6.02. The Morgan fingerprint density at radius 3 is 2.89 bits per heavy atom. The number of benzene rings is 1. The highest BCUT2D eigenvalue weighted by Crippen LogP contribution is 2.23. The number of halogens is 1. The second kappa shape index (κ2) is 5.71. The predicted molar refractivity (Wildman–Crippen MR) is 71.7 cm³/mol. The molecule has 0 amide bonds. The molecule has 0 aliphatic heterocycles. The van der Waals surface area contributed by atoms with Crippen molar-refractivity contribution in [3.63, 3.8) is 0 Å². The van der Waals surface area contributed by atoms with E-state index in [2.05, 4.69) is 4.98 Å². The summed E-state index contributed by atoms with van der Waals surface area (Å²) in [4.78, 5) is 14.8. The van der Waals surface area contributed by atoms with Gasteiger partial charge in [0, 0.05) is 16.8 Å². The summed E-state index contributed by atoms with van der Waals surface area (Å²) < 4.78 is 5.61. The van der Waals surface area contributed by atoms with E-state index < -0.39 is 5.97 Å². The number of pyridine rings is 1. The first kappa shape index (κ1) is 13.4. The van der Waals surface area contributed by atoms with E-state index in [4.69, 9.17) is 21.4 Å². The van der Waals surface area contributed by atoms with E-state index in [0.29, 0.717) is 16.3 Å². The Kier molecular flexibility index (Phi) is 4.02. The summed E-state index contributed by atoms with van der Waals surface area (Å²) >= 11 is 5.86. The molecule has 2 rings (SSSR count). The molecule has 0 aliphatic rings. The summed E-state index contributed by atoms with van der Waals surface area (Å²) in [6.45, 7) is 2.03. The summed E-state index contributed by atoms with van der Waals surface area (Å²) in [7, 11) is 0. The number of rotatable bonds is 4. The number of hydrogen-bond acceptors (Lipinski definition) is 3. The van der Waals surface area contributed by atoms with Crippen LogP contribution in [0.2, 0.25) is 5.02 Å². The Hall–Kier alpha value is -2.07. The molecule has 5 heteroatoms. The molecule has 4 nitrogen and oxygen atoms in total. The molecule has 0 saturated heterocycles. The first-order chi connectivity index (χ1) is 9.08. The van der Waals surface area contributed by atoms with Crippen LogP contribution in [0.1, 0.15) is 21.6 Å². The normalized spacial score (nSPS) is 10.2. The lowest BCUT2D eigenvalue weighted by Crippen LogP contribution is -2.08. The third kappa shape index (κ3) is 3.23. The molecule has 1 aromatic carbocycles. The fourth-order valence-electron chi connectivity index (χ4n) is 1.68. The van der Waals surface area contributed by atoms with E-state index >= 15 is 0 Å². The number of carboxylic acid groups (broad SMARTS) is 1. The van der Waals surface area contributed by atoms with Gasteiger partial charge in [0.25, 0.3) is 0 Å². The number of hydrogen-bond donors (Lipinski definition) is 1. The molecule has 0 fully saturated rings. The Morgan fingerprint density at radius 2 is 2.21 bits per heavy atom. The maximum Gasteiger partial charge on any atom is 0.354 e. The molecule has 1 heterocycles. The van der Waals surface area contributed by atoms with Crippen LogP contribution < -0.4 is 4.74 Å². The lowest BCUT2D eigenvalue weighted by Gasteiger charge is -2.10. The van der Waals surface area contributed by atoms with Crippen LogP contribution in [0.5, 0.6) is 5.75 Å². The van der Waals surface area contributed by atoms with Gasteiger partial charge in [0.1, 0.15) is 12.4 Å². The van der Waals surface area contributed by atoms with Gasteiger partial charge in [0.05, 0.1) is 0 Å². The van der Waals surface area contributed by atoms with Gasteiger partial charge < -0.3 is 9.84 Å². The van der Waals surface area contributed by atoms with Crippen LogP contribution in [0, 0.1) is 6.92 Å². The first-order valence-electron chi connectivity index (χ1n) is 5.64. The molecule has 19 heavy (non-hydrogen) atoms. The lowest BCUT2D eigenvalue weighted by atomic mass is 10.2. The molecule has 0 aliphatic carbocycles. The average Bonchev–Trinajstić information content (AvgIpc) is 2.38. The van der Waals surface area contributed by atoms with Crippen molar-refractivity contribution in [2.45, 2.75) is 13.5 Å². The van der Waals surface area contributed by atoms with Crippen LogP contribution in [-0.4, -0.2) is 16.1 Å². The smallest absolute Gasteiger partial charge is 0.354 e. The van der Waals surface area contributed by atoms with Crippen LogP contribution >= 0.6 is 11.6 Å². The van der Waals surface area contributed by atoms with Crippen molar-refractivity contribution >= 4 is 17.6 Å². The molecule has 0 spiro atoms. The number of carboxylic acids is 1. The van der Waals surface area contributed by atoms with Crippen molar-refractivity contribution in [1.82, 2.24) is 4.98 Å². The fourth-order valence-corrected chi connectivity index (χ4v) is 1.90. The second-order valence-corrected chi connectivity index (χ2v) is 4.45. The summed E-state index contributed by atoms with van der Waals surface area (Å²) in [5, 5.41) is 9.65. The average molecular weight is 278 g/mol. The molecule has 0 atom stereocenters. The Balaban J connectivity index is 2.17. The number of aromatic nitrogens is 1. The fraction of sp³-hybridized carbons (Fsp3) is 0.143. The number of ether oxygens (including phenoxy) is 1. The van der Waals surface area contributed by atoms with E-state index in [1.165, 1.54) is 6.20 Å². The van der Waals surface area contributed by atoms with E-state index in [9.17, 15) is 4.79 Å². The van der Waals surface area contributed by atoms with Crippen LogP contribution in [0.4, 0.5) is 0 Å². The molecule has 0 saturated carbocycles. The van der Waals surface area contributed by atoms with Crippen molar-refractivity contribution in [3.05, 3.63) is 58.4 Å². The van der Waals surface area contributed by atoms with Crippen molar-refractivity contribution in [3.8, 4) is 5.75 Å². The highest BCUT2D eigenvalue weighted by molar-refractivity contribution is 6.30. The molecular weight excluding hydrogens is 266 g/mol. The Morgan fingerprint density at radius 1 is 1.42 bits per heavy atom. The monoisotopic (exact) mass is 277 g/mol. The van der Waals surface area contributed by atoms with Crippen molar-refractivity contribution < 1.29 is 14.6 Å². The predicted octanol–water partition coefficient (Wildman–Crippen LogP) is 3.32. The maximum absolute atomic E-state index is 11.0. The Bertz CT molecular complexity index is 613. The van der Waals surface area contributed by atoms with E-state index in [1.54, 1.807) is 30.3 Å². The minimum absolute atomic E-state index is 0.00844. The second-order valence-electron chi connectivity index (χ2n) is 4.01. The molecule has 2 aromatic rings. The lowest BCUT2D eigenvalue weighted by molar-refractivity contribution is 0.0687. The minimum atomic E-state index is -1.06. The van der Waals surface area contributed by atoms with Crippen molar-refractivity contribution in [2.75, 3.05) is 0 Å². The van der Waals surface area contributed by atoms with Gasteiger partial charge in [-0.3, -0.25) is 0 Å². The molecule has 98 valence electrons. The number of aromatic carboxylic acids is 1. The highest BCUT2D eigenvalue weighted by Gasteiger charge is 2.11. The molecule has 1 N–H and O–H groups in total. The third-order valence-electron chi connectivity index (χ3n) is 2.61. The SMILES string of the molecule is Cc1cc(Cl)ccc1OCc1cccnc1C(=O)O. The van der Waals surface area contributed by atoms with Crippen LogP contribution in [0.15, 0.2) is 36.5 Å². The van der Waals surface area contributed by atoms with Gasteiger partial charge in [0.2, 0.25) is 0 Å². The van der Waals surface area contributed by atoms with Gasteiger partial charge in [-0.2, -0.15) is 0 Å². The van der Waals surface area contributed by atoms with E-state index in [1.807, 2.05) is 6.92 Å². The molecule has 0 bridgehead atoms. The van der Waals surface area contributed by atoms with Gasteiger partial charge in [-0.25, -0.2) is 9.78 Å². The van der Waals surface area contributed by atoms with Gasteiger partial charge in [-0.05, 0) is 36.8 Å². The quantitative estimate of drug-likeness (QED) is 0.931. The van der Waals surface area contributed by atoms with Gasteiger partial charge in [0.15, 0.2) is 5.69 Å². The van der Waals surface area contributed by atoms with Crippen LogP contribution in [0.25, 0.3) is 0 Å². The topological polar surface area (TPSA) is 59.4 Å². The maximum atomic E-state index is 11.0. The van der Waals surface area contributed by atoms with Gasteiger partial charge >= 0.3 is 5.97 Å². The summed E-state index contributed by atoms with van der Waals surface area (Å²) in [5.74, 6) is -0.392. The largest absolute Gasteiger partial charge is 0.489 e. The number of nitrogens with zero attached hydrogens (tertiary/aromatic N) is 1. The zero-order valence-electron chi connectivity index (χ0n) is 10.3. The number of carbonyl (C=O) groups is 1. The molecule has 1 aromatic heterocycles. The molecule has 0 unspecified atom stereocenters. The summed E-state index contributed by atoms with van der Waals surface area (Å²) in [5.41, 5.74) is 1.44. The van der Waals surface area contributed by atoms with Crippen LogP contribution in [-0.2, 0) is 6.61 Å². The Labute approximate surface area is 115 Å². The molecule has 0 radical (unpaired) electrons. The van der Waals surface area contributed by atoms with Gasteiger partial charge in [-0.15, -0.1) is 0 Å². The highest BCUT2D eigenvalue weighted by atomic mass is 35.5. The van der Waals surface area contributed by atoms with E-state index in [0.717, 1.165) is 5.56 Å². The zero-order valence-corrected chi connectivity index (χ0v) is 11.0. The standard InChI is InChI=1S/C14H12ClNO3/c1-9-7-11(15)4-5-12(9)19-8-10-3-2-6-16-13(10)14(17)18/h2-7H,8H2,1H3,(H,17,18). The zero-order chi connectivity index (χ0) is 13.8. The van der Waals surface area contributed by atoms with Crippen molar-refractivity contribution in [2.24, 2.45) is 0 Å². The summed E-state index contributed by atoms with van der Waals surface area (Å²) in [6.07, 6.45) is 1.44.